The van der Waals surface area contributed by atoms with Crippen LogP contribution in [0, 0.1) is 22.7 Å². The molecule has 2 N–H and O–H groups in total. The first-order valence-electron chi connectivity index (χ1n) is 8.28. The van der Waals surface area contributed by atoms with E-state index in [1.165, 1.54) is 0 Å². The van der Waals surface area contributed by atoms with Crippen molar-refractivity contribution in [2.45, 2.75) is 25.9 Å². The summed E-state index contributed by atoms with van der Waals surface area (Å²) in [4.78, 5) is 13.4. The monoisotopic (exact) mass is 348 g/mol. The lowest BCUT2D eigenvalue weighted by molar-refractivity contribution is -0.129. The van der Waals surface area contributed by atoms with Crippen LogP contribution in [0.4, 0.5) is 0 Å². The van der Waals surface area contributed by atoms with Crippen LogP contribution in [0.2, 0.25) is 0 Å². The molecule has 0 heterocycles. The Labute approximate surface area is 152 Å². The third-order valence-corrected chi connectivity index (χ3v) is 3.93. The van der Waals surface area contributed by atoms with Crippen molar-refractivity contribution in [2.24, 2.45) is 0 Å². The number of nitriles is 2. The number of carbonyl (C=O) groups is 1. The Kier molecular flexibility index (Phi) is 7.32. The van der Waals surface area contributed by atoms with Crippen LogP contribution in [0.1, 0.15) is 35.1 Å². The van der Waals surface area contributed by atoms with Crippen molar-refractivity contribution in [3.05, 3.63) is 70.8 Å². The van der Waals surface area contributed by atoms with E-state index in [2.05, 4.69) is 17.0 Å². The number of hydrogen-bond donors (Lipinski definition) is 2. The van der Waals surface area contributed by atoms with Gasteiger partial charge in [0.2, 0.25) is 5.91 Å². The van der Waals surface area contributed by atoms with E-state index in [0.29, 0.717) is 37.2 Å². The minimum atomic E-state index is -0.414. The van der Waals surface area contributed by atoms with E-state index >= 15 is 0 Å². The van der Waals surface area contributed by atoms with Gasteiger partial charge in [-0.3, -0.25) is 14.9 Å². The third kappa shape index (κ3) is 6.03. The second-order valence-electron chi connectivity index (χ2n) is 5.97. The van der Waals surface area contributed by atoms with E-state index in [-0.39, 0.29) is 6.42 Å². The molecule has 2 rings (SSSR count). The van der Waals surface area contributed by atoms with Crippen LogP contribution >= 0.6 is 0 Å². The first-order valence-corrected chi connectivity index (χ1v) is 8.28. The molecule has 132 valence electrons. The van der Waals surface area contributed by atoms with E-state index in [1.807, 2.05) is 36.4 Å². The summed E-state index contributed by atoms with van der Waals surface area (Å²) in [5.41, 5.74) is 4.86. The number of nitrogens with zero attached hydrogens (tertiary/aromatic N) is 3. The topological polar surface area (TPSA) is 100 Å². The van der Waals surface area contributed by atoms with Gasteiger partial charge in [-0.1, -0.05) is 24.3 Å². The van der Waals surface area contributed by atoms with Crippen LogP contribution < -0.4 is 5.48 Å². The molecule has 0 saturated carbocycles. The van der Waals surface area contributed by atoms with Crippen molar-refractivity contribution >= 4 is 5.91 Å². The predicted octanol–water partition coefficient (Wildman–Crippen LogP) is 2.72. The fourth-order valence-electron chi connectivity index (χ4n) is 2.73. The van der Waals surface area contributed by atoms with Gasteiger partial charge in [0, 0.05) is 19.5 Å². The molecule has 0 spiro atoms. The Bertz CT molecular complexity index is 777. The molecular formula is C20H20N4O2. The van der Waals surface area contributed by atoms with E-state index in [4.69, 9.17) is 15.7 Å². The number of rotatable bonds is 8. The Morgan fingerprint density at radius 1 is 1.00 bits per heavy atom. The Morgan fingerprint density at radius 3 is 2.00 bits per heavy atom. The van der Waals surface area contributed by atoms with Crippen LogP contribution in [0.5, 0.6) is 0 Å². The maximum absolute atomic E-state index is 11.2. The summed E-state index contributed by atoms with van der Waals surface area (Å²) >= 11 is 0. The van der Waals surface area contributed by atoms with Crippen LogP contribution in [-0.4, -0.2) is 22.6 Å². The molecular weight excluding hydrogens is 328 g/mol. The molecule has 0 fully saturated rings. The minimum Gasteiger partial charge on any atom is -0.295 e. The smallest absolute Gasteiger partial charge is 0.243 e. The molecule has 0 radical (unpaired) electrons. The van der Waals surface area contributed by atoms with Gasteiger partial charge >= 0.3 is 0 Å². The van der Waals surface area contributed by atoms with E-state index in [1.54, 1.807) is 17.6 Å². The average molecular weight is 348 g/mol. The first kappa shape index (κ1) is 19.1. The molecule has 0 aliphatic carbocycles. The summed E-state index contributed by atoms with van der Waals surface area (Å²) in [5.74, 6) is -0.414. The Morgan fingerprint density at radius 2 is 1.54 bits per heavy atom. The number of amides is 1. The van der Waals surface area contributed by atoms with Crippen molar-refractivity contribution < 1.29 is 10.0 Å². The maximum Gasteiger partial charge on any atom is 0.243 e. The van der Waals surface area contributed by atoms with Crippen LogP contribution in [0.15, 0.2) is 48.5 Å². The highest BCUT2D eigenvalue weighted by Crippen LogP contribution is 2.14. The molecule has 0 unspecified atom stereocenters. The van der Waals surface area contributed by atoms with Gasteiger partial charge in [0.15, 0.2) is 0 Å². The lowest BCUT2D eigenvalue weighted by Gasteiger charge is -2.22. The highest BCUT2D eigenvalue weighted by molar-refractivity contribution is 5.74. The van der Waals surface area contributed by atoms with Crippen LogP contribution in [0.25, 0.3) is 0 Å². The molecule has 1 amide bonds. The molecule has 0 aromatic heterocycles. The van der Waals surface area contributed by atoms with E-state index < -0.39 is 5.91 Å². The summed E-state index contributed by atoms with van der Waals surface area (Å²) in [6, 6.07) is 19.1. The molecule has 0 saturated heterocycles. The summed E-state index contributed by atoms with van der Waals surface area (Å²) in [6.07, 6.45) is 0.811. The second kappa shape index (κ2) is 9.95. The first-order chi connectivity index (χ1) is 12.6. The largest absolute Gasteiger partial charge is 0.295 e. The number of carbonyl (C=O) groups excluding carboxylic acids is 1. The normalized spacial score (nSPS) is 10.2. The Hall–Kier alpha value is -3.19. The average Bonchev–Trinajstić information content (AvgIpc) is 2.68. The van der Waals surface area contributed by atoms with Crippen LogP contribution in [0.3, 0.4) is 0 Å². The van der Waals surface area contributed by atoms with Gasteiger partial charge in [0.05, 0.1) is 23.3 Å². The number of hydroxylamine groups is 1. The Balaban J connectivity index is 2.10. The van der Waals surface area contributed by atoms with Crippen molar-refractivity contribution in [1.82, 2.24) is 10.4 Å². The lowest BCUT2D eigenvalue weighted by Crippen LogP contribution is -2.26. The fourth-order valence-corrected chi connectivity index (χ4v) is 2.73. The molecule has 26 heavy (non-hydrogen) atoms. The molecule has 6 heteroatoms. The molecule has 6 nitrogen and oxygen atoms in total. The summed E-state index contributed by atoms with van der Waals surface area (Å²) < 4.78 is 0. The quantitative estimate of drug-likeness (QED) is 0.564. The minimum absolute atomic E-state index is 0.226. The molecule has 0 aliphatic rings. The van der Waals surface area contributed by atoms with Crippen LogP contribution in [-0.2, 0) is 17.9 Å². The van der Waals surface area contributed by atoms with Crippen molar-refractivity contribution in [3.63, 3.8) is 0 Å². The standard InChI is InChI=1S/C20H20N4O2/c21-12-16-4-1-6-18(10-16)14-24(9-3-8-20(25)23-26)15-19-7-2-5-17(11-19)13-22/h1-2,4-7,10-11,26H,3,8-9,14-15H2,(H,23,25). The summed E-state index contributed by atoms with van der Waals surface area (Å²) in [6.45, 7) is 1.88. The highest BCUT2D eigenvalue weighted by Gasteiger charge is 2.10. The van der Waals surface area contributed by atoms with Crippen molar-refractivity contribution in [3.8, 4) is 12.1 Å². The van der Waals surface area contributed by atoms with E-state index in [9.17, 15) is 4.79 Å². The van der Waals surface area contributed by atoms with Gasteiger partial charge in [0.25, 0.3) is 0 Å². The van der Waals surface area contributed by atoms with Gasteiger partial charge < -0.3 is 0 Å². The zero-order valence-electron chi connectivity index (χ0n) is 14.4. The van der Waals surface area contributed by atoms with E-state index in [0.717, 1.165) is 11.1 Å². The fraction of sp³-hybridized carbons (Fsp3) is 0.250. The molecule has 2 aromatic carbocycles. The SMILES string of the molecule is N#Cc1cccc(CN(CCCC(=O)NO)Cc2cccc(C#N)c2)c1. The zero-order valence-corrected chi connectivity index (χ0v) is 14.4. The number of benzene rings is 2. The molecule has 2 aromatic rings. The maximum atomic E-state index is 11.2. The van der Waals surface area contributed by atoms with Gasteiger partial charge in [-0.15, -0.1) is 0 Å². The van der Waals surface area contributed by atoms with Gasteiger partial charge in [-0.25, -0.2) is 5.48 Å². The summed E-state index contributed by atoms with van der Waals surface area (Å²) in [5, 5.41) is 26.7. The number of nitrogens with one attached hydrogen (secondary N) is 1. The predicted molar refractivity (Wildman–Crippen MR) is 95.6 cm³/mol. The van der Waals surface area contributed by atoms with Crippen molar-refractivity contribution in [2.75, 3.05) is 6.54 Å². The third-order valence-electron chi connectivity index (χ3n) is 3.93. The van der Waals surface area contributed by atoms with Gasteiger partial charge in [0.1, 0.15) is 0 Å². The van der Waals surface area contributed by atoms with Gasteiger partial charge in [-0.2, -0.15) is 10.5 Å². The van der Waals surface area contributed by atoms with Gasteiger partial charge in [-0.05, 0) is 48.4 Å². The summed E-state index contributed by atoms with van der Waals surface area (Å²) in [7, 11) is 0. The number of hydrogen-bond acceptors (Lipinski definition) is 5. The highest BCUT2D eigenvalue weighted by atomic mass is 16.5. The zero-order chi connectivity index (χ0) is 18.8. The molecule has 0 bridgehead atoms. The molecule has 0 aliphatic heterocycles. The second-order valence-corrected chi connectivity index (χ2v) is 5.97. The lowest BCUT2D eigenvalue weighted by atomic mass is 10.1. The van der Waals surface area contributed by atoms with Crippen molar-refractivity contribution in [1.29, 1.82) is 10.5 Å². The molecule has 0 atom stereocenters.